The van der Waals surface area contributed by atoms with Gasteiger partial charge in [-0.2, -0.15) is 0 Å². The second-order valence-electron chi connectivity index (χ2n) is 5.08. The van der Waals surface area contributed by atoms with Crippen LogP contribution in [0.4, 0.5) is 0 Å². The number of halogens is 1. The zero-order valence-electron chi connectivity index (χ0n) is 9.92. The Kier molecular flexibility index (Phi) is 3.55. The highest BCUT2D eigenvalue weighted by Gasteiger charge is 2.25. The molecular weight excluding hydrogens is 250 g/mol. The molecule has 0 amide bonds. The van der Waals surface area contributed by atoms with Crippen molar-refractivity contribution in [3.05, 3.63) is 33.0 Å². The number of hydrogen-bond donors (Lipinski definition) is 1. The summed E-state index contributed by atoms with van der Waals surface area (Å²) in [6.07, 6.45) is 10.9. The molecule has 1 aromatic heterocycles. The Morgan fingerprint density at radius 1 is 1.35 bits per heavy atom. The first-order valence-electron chi connectivity index (χ1n) is 6.49. The minimum Gasteiger partial charge on any atom is -0.310 e. The van der Waals surface area contributed by atoms with Crippen LogP contribution in [0, 0.1) is 5.92 Å². The Hall–Kier alpha value is -0.310. The predicted molar refractivity (Wildman–Crippen MR) is 74.9 cm³/mol. The molecule has 1 N–H and O–H groups in total. The van der Waals surface area contributed by atoms with Crippen molar-refractivity contribution < 1.29 is 0 Å². The number of hydrogen-bond acceptors (Lipinski definition) is 2. The van der Waals surface area contributed by atoms with Crippen LogP contribution >= 0.6 is 22.9 Å². The van der Waals surface area contributed by atoms with E-state index in [1.165, 1.54) is 42.5 Å². The van der Waals surface area contributed by atoms with Crippen molar-refractivity contribution in [3.8, 4) is 0 Å². The Bertz CT molecular complexity index is 424. The summed E-state index contributed by atoms with van der Waals surface area (Å²) in [6.45, 7) is 1.15. The number of rotatable bonds is 3. The third-order valence-electron chi connectivity index (χ3n) is 3.88. The lowest BCUT2D eigenvalue weighted by molar-refractivity contribution is 0.404. The molecule has 0 aromatic carbocycles. The lowest BCUT2D eigenvalue weighted by atomic mass is 9.94. The third kappa shape index (κ3) is 2.59. The second kappa shape index (κ2) is 5.13. The van der Waals surface area contributed by atoms with E-state index in [9.17, 15) is 0 Å². The van der Waals surface area contributed by atoms with Gasteiger partial charge in [0, 0.05) is 10.9 Å². The first-order chi connectivity index (χ1) is 8.33. The minimum absolute atomic E-state index is 0.555. The third-order valence-corrected chi connectivity index (χ3v) is 5.22. The van der Waals surface area contributed by atoms with E-state index in [1.54, 1.807) is 11.3 Å². The number of fused-ring (bicyclic) bond motifs is 1. The maximum atomic E-state index is 6.07. The maximum absolute atomic E-state index is 6.07. The van der Waals surface area contributed by atoms with Crippen molar-refractivity contribution in [3.63, 3.8) is 0 Å². The zero-order chi connectivity index (χ0) is 11.7. The van der Waals surface area contributed by atoms with Crippen LogP contribution in [0.1, 0.15) is 42.2 Å². The maximum Gasteiger partial charge on any atom is 0.0934 e. The number of allylic oxidation sites excluding steroid dienone is 2. The van der Waals surface area contributed by atoms with Gasteiger partial charge in [-0.3, -0.25) is 0 Å². The van der Waals surface area contributed by atoms with Crippen LogP contribution in [0.25, 0.3) is 0 Å². The summed E-state index contributed by atoms with van der Waals surface area (Å²) in [6, 6.07) is 2.71. The van der Waals surface area contributed by atoms with Crippen LogP contribution in [0.15, 0.2) is 18.2 Å². The molecule has 0 saturated heterocycles. The molecule has 0 spiro atoms. The van der Waals surface area contributed by atoms with Gasteiger partial charge in [0.2, 0.25) is 0 Å². The molecule has 2 aliphatic carbocycles. The fourth-order valence-corrected chi connectivity index (χ4v) is 4.25. The first-order valence-corrected chi connectivity index (χ1v) is 7.69. The largest absolute Gasteiger partial charge is 0.310 e. The van der Waals surface area contributed by atoms with E-state index in [1.807, 2.05) is 0 Å². The van der Waals surface area contributed by atoms with Gasteiger partial charge in [0.05, 0.1) is 4.34 Å². The summed E-state index contributed by atoms with van der Waals surface area (Å²) < 4.78 is 0.946. The van der Waals surface area contributed by atoms with Crippen molar-refractivity contribution in [1.82, 2.24) is 5.32 Å². The van der Waals surface area contributed by atoms with E-state index in [2.05, 4.69) is 23.5 Å². The van der Waals surface area contributed by atoms with Crippen LogP contribution in [0.3, 0.4) is 0 Å². The van der Waals surface area contributed by atoms with Crippen LogP contribution in [-0.2, 0) is 6.42 Å². The second-order valence-corrected chi connectivity index (χ2v) is 6.85. The van der Waals surface area contributed by atoms with Gasteiger partial charge in [-0.15, -0.1) is 11.3 Å². The topological polar surface area (TPSA) is 12.0 Å². The SMILES string of the molecule is Clc1cc2c(s1)CCC2NCC1CC=CCC1. The molecule has 92 valence electrons. The van der Waals surface area contributed by atoms with Gasteiger partial charge in [0.1, 0.15) is 0 Å². The summed E-state index contributed by atoms with van der Waals surface area (Å²) in [5.41, 5.74) is 1.46. The molecule has 0 aliphatic heterocycles. The Morgan fingerprint density at radius 2 is 2.29 bits per heavy atom. The smallest absolute Gasteiger partial charge is 0.0934 e. The van der Waals surface area contributed by atoms with Crippen molar-refractivity contribution in [2.45, 2.75) is 38.1 Å². The molecule has 2 aliphatic rings. The highest BCUT2D eigenvalue weighted by molar-refractivity contribution is 7.16. The molecule has 0 bridgehead atoms. The normalized spacial score (nSPS) is 27.4. The van der Waals surface area contributed by atoms with E-state index in [4.69, 9.17) is 11.6 Å². The number of aryl methyl sites for hydroxylation is 1. The van der Waals surface area contributed by atoms with Gasteiger partial charge < -0.3 is 5.32 Å². The summed E-state index contributed by atoms with van der Waals surface area (Å²) in [7, 11) is 0. The van der Waals surface area contributed by atoms with Crippen molar-refractivity contribution in [1.29, 1.82) is 0 Å². The van der Waals surface area contributed by atoms with E-state index in [0.717, 1.165) is 16.8 Å². The quantitative estimate of drug-likeness (QED) is 0.804. The van der Waals surface area contributed by atoms with Crippen LogP contribution in [0.2, 0.25) is 4.34 Å². The fraction of sp³-hybridized carbons (Fsp3) is 0.571. The lowest BCUT2D eigenvalue weighted by Gasteiger charge is -2.21. The van der Waals surface area contributed by atoms with Gasteiger partial charge in [-0.25, -0.2) is 0 Å². The molecule has 3 rings (SSSR count). The molecule has 0 radical (unpaired) electrons. The summed E-state index contributed by atoms with van der Waals surface area (Å²) >= 11 is 7.83. The molecule has 1 heterocycles. The molecule has 0 fully saturated rings. The average molecular weight is 268 g/mol. The average Bonchev–Trinajstić information content (AvgIpc) is 2.87. The molecule has 1 nitrogen and oxygen atoms in total. The number of thiophene rings is 1. The van der Waals surface area contributed by atoms with Gasteiger partial charge in [0.25, 0.3) is 0 Å². The van der Waals surface area contributed by atoms with Gasteiger partial charge in [-0.05, 0) is 56.2 Å². The standard InChI is InChI=1S/C14H18ClNS/c15-14-8-11-12(6-7-13(11)17-14)16-9-10-4-2-1-3-5-10/h1-2,8,10,12,16H,3-7,9H2. The van der Waals surface area contributed by atoms with Crippen molar-refractivity contribution in [2.75, 3.05) is 6.54 Å². The van der Waals surface area contributed by atoms with Gasteiger partial charge in [-0.1, -0.05) is 23.8 Å². The Balaban J connectivity index is 1.58. The summed E-state index contributed by atoms with van der Waals surface area (Å²) in [5.74, 6) is 0.832. The molecule has 2 unspecified atom stereocenters. The van der Waals surface area contributed by atoms with Crippen molar-refractivity contribution in [2.24, 2.45) is 5.92 Å². The zero-order valence-corrected chi connectivity index (χ0v) is 11.5. The molecular formula is C14H18ClNS. The summed E-state index contributed by atoms with van der Waals surface area (Å²) in [4.78, 5) is 1.50. The van der Waals surface area contributed by atoms with E-state index in [-0.39, 0.29) is 0 Å². The minimum atomic E-state index is 0.555. The van der Waals surface area contributed by atoms with E-state index < -0.39 is 0 Å². The highest BCUT2D eigenvalue weighted by Crippen LogP contribution is 2.39. The van der Waals surface area contributed by atoms with Crippen LogP contribution in [0.5, 0.6) is 0 Å². The van der Waals surface area contributed by atoms with Crippen molar-refractivity contribution >= 4 is 22.9 Å². The van der Waals surface area contributed by atoms with E-state index in [0.29, 0.717) is 6.04 Å². The number of nitrogens with one attached hydrogen (secondary N) is 1. The molecule has 0 saturated carbocycles. The van der Waals surface area contributed by atoms with Gasteiger partial charge >= 0.3 is 0 Å². The molecule has 17 heavy (non-hydrogen) atoms. The van der Waals surface area contributed by atoms with Gasteiger partial charge in [0.15, 0.2) is 0 Å². The molecule has 3 heteroatoms. The first kappa shape index (κ1) is 11.8. The molecule has 1 aromatic rings. The van der Waals surface area contributed by atoms with Crippen LogP contribution in [-0.4, -0.2) is 6.54 Å². The van der Waals surface area contributed by atoms with E-state index >= 15 is 0 Å². The summed E-state index contributed by atoms with van der Waals surface area (Å²) in [5, 5.41) is 3.73. The lowest BCUT2D eigenvalue weighted by Crippen LogP contribution is -2.26. The Labute approximate surface area is 112 Å². The fourth-order valence-electron chi connectivity index (χ4n) is 2.89. The predicted octanol–water partition coefficient (Wildman–Crippen LogP) is 4.33. The molecule has 2 atom stereocenters. The highest BCUT2D eigenvalue weighted by atomic mass is 35.5. The monoisotopic (exact) mass is 267 g/mol. The Morgan fingerprint density at radius 3 is 3.12 bits per heavy atom. The van der Waals surface area contributed by atoms with Crippen LogP contribution < -0.4 is 5.32 Å².